The lowest BCUT2D eigenvalue weighted by molar-refractivity contribution is -0.135. The van der Waals surface area contributed by atoms with Crippen LogP contribution in [0.4, 0.5) is 0 Å². The van der Waals surface area contributed by atoms with Gasteiger partial charge in [0.15, 0.2) is 8.32 Å². The van der Waals surface area contributed by atoms with Gasteiger partial charge in [0, 0.05) is 12.1 Å². The second kappa shape index (κ2) is 10.8. The van der Waals surface area contributed by atoms with E-state index in [-0.39, 0.29) is 54.2 Å². The summed E-state index contributed by atoms with van der Waals surface area (Å²) in [5.41, 5.74) is 2.58. The molecule has 0 unspecified atom stereocenters. The second-order valence-corrected chi connectivity index (χ2v) is 15.5. The van der Waals surface area contributed by atoms with E-state index in [4.69, 9.17) is 4.74 Å². The van der Waals surface area contributed by atoms with Gasteiger partial charge in [0.2, 0.25) is 5.91 Å². The zero-order chi connectivity index (χ0) is 27.0. The molecule has 3 aromatic rings. The number of aliphatic hydroxyl groups excluding tert-OH is 1. The number of fused-ring (bicyclic) bond motifs is 1. The molecule has 1 amide bonds. The standard InChI is InChI=1S/C29H39N3O5Si/c1-19-25(37-26(28(19)38(2,3)36)17-27(34)31-15-7-10-22(31)18-33)14-13-20-8-6-9-21(16-20)32-29(35)23-11-4-5-12-24(23)30-32/h4-6,8-9,11-12,16,19,22,25-26,28,30,33,36H,7,10,13-15,17-18H2,1-3H3/t19-,22-,25+,26-,28+/m0/s1. The van der Waals surface area contributed by atoms with Crippen LogP contribution in [0.3, 0.4) is 0 Å². The Morgan fingerprint density at radius 3 is 2.68 bits per heavy atom. The number of aromatic nitrogens is 2. The molecule has 9 heteroatoms. The maximum absolute atomic E-state index is 13.1. The first-order chi connectivity index (χ1) is 18.2. The molecule has 3 heterocycles. The van der Waals surface area contributed by atoms with Crippen molar-refractivity contribution in [1.29, 1.82) is 0 Å². The number of carbonyl (C=O) groups is 1. The predicted molar refractivity (Wildman–Crippen MR) is 150 cm³/mol. The molecule has 1 aromatic heterocycles. The minimum Gasteiger partial charge on any atom is -0.432 e. The number of rotatable bonds is 8. The molecule has 2 fully saturated rings. The first kappa shape index (κ1) is 26.9. The average Bonchev–Trinajstić information content (AvgIpc) is 3.58. The minimum atomic E-state index is -2.60. The van der Waals surface area contributed by atoms with Gasteiger partial charge in [-0.05, 0) is 74.5 Å². The van der Waals surface area contributed by atoms with Gasteiger partial charge in [-0.1, -0.05) is 31.2 Å². The molecule has 2 aliphatic heterocycles. The third-order valence-corrected chi connectivity index (χ3v) is 11.0. The fourth-order valence-electron chi connectivity index (χ4n) is 6.65. The number of hydrogen-bond acceptors (Lipinski definition) is 5. The van der Waals surface area contributed by atoms with Crippen LogP contribution in [-0.4, -0.2) is 70.2 Å². The van der Waals surface area contributed by atoms with E-state index in [1.807, 2.05) is 55.6 Å². The summed E-state index contributed by atoms with van der Waals surface area (Å²) in [6.45, 7) is 6.67. The largest absolute Gasteiger partial charge is 0.432 e. The number of nitrogens with one attached hydrogen (secondary N) is 1. The topological polar surface area (TPSA) is 108 Å². The highest BCUT2D eigenvalue weighted by Crippen LogP contribution is 2.45. The molecule has 5 atom stereocenters. The summed E-state index contributed by atoms with van der Waals surface area (Å²) in [5, 5.41) is 13.5. The monoisotopic (exact) mass is 537 g/mol. The van der Waals surface area contributed by atoms with Gasteiger partial charge in [-0.2, -0.15) is 0 Å². The lowest BCUT2D eigenvalue weighted by Gasteiger charge is -2.31. The summed E-state index contributed by atoms with van der Waals surface area (Å²) in [6.07, 6.45) is 3.14. The van der Waals surface area contributed by atoms with Crippen LogP contribution in [0.15, 0.2) is 53.3 Å². The van der Waals surface area contributed by atoms with Crippen molar-refractivity contribution in [2.75, 3.05) is 13.2 Å². The fraction of sp³-hybridized carbons (Fsp3) is 0.517. The smallest absolute Gasteiger partial charge is 0.279 e. The zero-order valence-electron chi connectivity index (χ0n) is 22.5. The Morgan fingerprint density at radius 1 is 1.16 bits per heavy atom. The Labute approximate surface area is 224 Å². The van der Waals surface area contributed by atoms with Gasteiger partial charge in [-0.25, -0.2) is 4.68 Å². The lowest BCUT2D eigenvalue weighted by atomic mass is 9.95. The molecule has 204 valence electrons. The highest BCUT2D eigenvalue weighted by Gasteiger charge is 2.50. The van der Waals surface area contributed by atoms with E-state index in [0.717, 1.165) is 42.5 Å². The van der Waals surface area contributed by atoms with E-state index < -0.39 is 8.32 Å². The van der Waals surface area contributed by atoms with Crippen molar-refractivity contribution in [2.24, 2.45) is 5.92 Å². The molecule has 3 N–H and O–H groups in total. The van der Waals surface area contributed by atoms with Crippen molar-refractivity contribution >= 4 is 25.1 Å². The van der Waals surface area contributed by atoms with Gasteiger partial charge in [0.1, 0.15) is 0 Å². The van der Waals surface area contributed by atoms with Gasteiger partial charge in [0.05, 0.1) is 47.9 Å². The molecular weight excluding hydrogens is 498 g/mol. The van der Waals surface area contributed by atoms with E-state index in [2.05, 4.69) is 18.1 Å². The Balaban J connectivity index is 1.29. The molecule has 0 spiro atoms. The number of ether oxygens (including phenoxy) is 1. The quantitative estimate of drug-likeness (QED) is 0.381. The number of likely N-dealkylation sites (tertiary alicyclic amines) is 1. The molecule has 2 aliphatic rings. The van der Waals surface area contributed by atoms with Crippen LogP contribution in [0.2, 0.25) is 18.6 Å². The van der Waals surface area contributed by atoms with Gasteiger partial charge in [-0.15, -0.1) is 0 Å². The number of hydrogen-bond donors (Lipinski definition) is 3. The number of H-pyrrole nitrogens is 1. The minimum absolute atomic E-state index is 0.0103. The Hall–Kier alpha value is -2.72. The van der Waals surface area contributed by atoms with Crippen LogP contribution in [-0.2, 0) is 16.0 Å². The summed E-state index contributed by atoms with van der Waals surface area (Å²) >= 11 is 0. The molecule has 8 nitrogen and oxygen atoms in total. The van der Waals surface area contributed by atoms with E-state index in [9.17, 15) is 19.5 Å². The number of amides is 1. The van der Waals surface area contributed by atoms with Crippen LogP contribution in [0.25, 0.3) is 16.6 Å². The van der Waals surface area contributed by atoms with Gasteiger partial charge in [0.25, 0.3) is 5.56 Å². The summed E-state index contributed by atoms with van der Waals surface area (Å²) in [6, 6.07) is 15.4. The first-order valence-electron chi connectivity index (χ1n) is 13.7. The van der Waals surface area contributed by atoms with Crippen LogP contribution in [0.5, 0.6) is 0 Å². The summed E-state index contributed by atoms with van der Waals surface area (Å²) < 4.78 is 8.09. The molecule has 5 rings (SSSR count). The highest BCUT2D eigenvalue weighted by atomic mass is 28.4. The number of aromatic amines is 1. The van der Waals surface area contributed by atoms with E-state index in [1.54, 1.807) is 9.58 Å². The first-order valence-corrected chi connectivity index (χ1v) is 16.8. The summed E-state index contributed by atoms with van der Waals surface area (Å²) in [5.74, 6) is 0.144. The van der Waals surface area contributed by atoms with Crippen molar-refractivity contribution in [2.45, 2.75) is 75.9 Å². The number of nitrogens with zero attached hydrogens (tertiary/aromatic N) is 2. The number of benzene rings is 2. The molecule has 2 saturated heterocycles. The van der Waals surface area contributed by atoms with Crippen molar-refractivity contribution in [3.8, 4) is 5.69 Å². The van der Waals surface area contributed by atoms with Crippen molar-refractivity contribution in [3.05, 3.63) is 64.4 Å². The lowest BCUT2D eigenvalue weighted by Crippen LogP contribution is -2.43. The third-order valence-electron chi connectivity index (χ3n) is 8.48. The Morgan fingerprint density at radius 2 is 1.95 bits per heavy atom. The third kappa shape index (κ3) is 5.25. The number of para-hydroxylation sites is 1. The van der Waals surface area contributed by atoms with Gasteiger partial charge >= 0.3 is 0 Å². The summed E-state index contributed by atoms with van der Waals surface area (Å²) in [7, 11) is -2.60. The van der Waals surface area contributed by atoms with Crippen LogP contribution >= 0.6 is 0 Å². The van der Waals surface area contributed by atoms with Gasteiger partial charge in [-0.3, -0.25) is 14.7 Å². The maximum Gasteiger partial charge on any atom is 0.279 e. The Bertz CT molecular complexity index is 1350. The molecule has 0 aliphatic carbocycles. The molecule has 0 bridgehead atoms. The van der Waals surface area contributed by atoms with Crippen molar-refractivity contribution in [1.82, 2.24) is 14.7 Å². The van der Waals surface area contributed by atoms with Crippen molar-refractivity contribution < 1.29 is 19.4 Å². The molecule has 0 radical (unpaired) electrons. The van der Waals surface area contributed by atoms with Crippen LogP contribution in [0, 0.1) is 5.92 Å². The summed E-state index contributed by atoms with van der Waals surface area (Å²) in [4.78, 5) is 39.0. The second-order valence-electron chi connectivity index (χ2n) is 11.5. The number of carbonyl (C=O) groups excluding carboxylic acids is 1. The van der Waals surface area contributed by atoms with E-state index in [1.165, 1.54) is 0 Å². The molecule has 2 aromatic carbocycles. The van der Waals surface area contributed by atoms with Crippen molar-refractivity contribution in [3.63, 3.8) is 0 Å². The molecule has 0 saturated carbocycles. The molecular formula is C29H39N3O5Si. The average molecular weight is 538 g/mol. The van der Waals surface area contributed by atoms with Crippen LogP contribution < -0.4 is 5.56 Å². The predicted octanol–water partition coefficient (Wildman–Crippen LogP) is 3.60. The van der Waals surface area contributed by atoms with E-state index >= 15 is 0 Å². The fourth-order valence-corrected chi connectivity index (χ4v) is 9.26. The SMILES string of the molecule is C[C@@H]1[C@@H]([Si](C)(C)O)[C@H](CC(=O)N2CCC[C@H]2CO)O[C@@H]1CCc1cccc(-n2[nH]c3ccccc3c2=O)c1. The number of aliphatic hydroxyl groups is 1. The normalized spacial score (nSPS) is 25.9. The van der Waals surface area contributed by atoms with Gasteiger partial charge < -0.3 is 19.5 Å². The Kier molecular flexibility index (Phi) is 7.64. The molecule has 38 heavy (non-hydrogen) atoms. The van der Waals surface area contributed by atoms with Crippen LogP contribution in [0.1, 0.15) is 38.2 Å². The number of aryl methyl sites for hydroxylation is 1. The van der Waals surface area contributed by atoms with E-state index in [0.29, 0.717) is 11.9 Å². The maximum atomic E-state index is 13.1. The zero-order valence-corrected chi connectivity index (χ0v) is 23.5. The highest BCUT2D eigenvalue weighted by molar-refractivity contribution is 6.71.